The molecule has 3 atom stereocenters. The number of nitrogens with one attached hydrogen (secondary N) is 1. The van der Waals surface area contributed by atoms with Gasteiger partial charge in [0.2, 0.25) is 0 Å². The predicted octanol–water partition coefficient (Wildman–Crippen LogP) is 5.45. The highest BCUT2D eigenvalue weighted by molar-refractivity contribution is 6.03. The van der Waals surface area contributed by atoms with Gasteiger partial charge in [-0.1, -0.05) is 71.9 Å². The van der Waals surface area contributed by atoms with Crippen molar-refractivity contribution in [2.24, 2.45) is 11.8 Å². The first-order valence-corrected chi connectivity index (χ1v) is 12.1. The van der Waals surface area contributed by atoms with Gasteiger partial charge in [-0.2, -0.15) is 0 Å². The van der Waals surface area contributed by atoms with Gasteiger partial charge in [-0.15, -0.1) is 0 Å². The van der Waals surface area contributed by atoms with E-state index in [9.17, 15) is 14.7 Å². The molecule has 2 N–H and O–H groups in total. The van der Waals surface area contributed by atoms with Gasteiger partial charge in [-0.25, -0.2) is 0 Å². The van der Waals surface area contributed by atoms with E-state index in [4.69, 9.17) is 5.41 Å². The minimum absolute atomic E-state index is 0.0664. The number of phenols is 1. The number of likely N-dealkylation sites (tertiary alicyclic amines) is 1. The standard InChI is InChI=1S/C29H36N2O3/c1-28(2,3)20-12-18(13-21(26(20)34)29(4,5)6)23(33)16-31-15-19-14-22(32)24(25(19)27(31)30)17-10-8-7-9-11-17/h7-13,19,24-25,30,34H,14-16H2,1-6H3/t19-,24-,25+/m0/s1. The fourth-order valence-electron chi connectivity index (χ4n) is 5.54. The quantitative estimate of drug-likeness (QED) is 0.594. The third-order valence-corrected chi connectivity index (χ3v) is 7.33. The normalized spacial score (nSPS) is 22.9. The Morgan fingerprint density at radius 2 is 1.59 bits per heavy atom. The second-order valence-electron chi connectivity index (χ2n) is 12.0. The summed E-state index contributed by atoms with van der Waals surface area (Å²) in [6.07, 6.45) is 0.457. The van der Waals surface area contributed by atoms with Gasteiger partial charge in [0.25, 0.3) is 0 Å². The molecule has 0 spiro atoms. The smallest absolute Gasteiger partial charge is 0.182 e. The lowest BCUT2D eigenvalue weighted by Crippen LogP contribution is -2.34. The van der Waals surface area contributed by atoms with Crippen LogP contribution in [0.2, 0.25) is 0 Å². The summed E-state index contributed by atoms with van der Waals surface area (Å²) in [5, 5.41) is 19.8. The van der Waals surface area contributed by atoms with E-state index in [1.807, 2.05) is 88.9 Å². The summed E-state index contributed by atoms with van der Waals surface area (Å²) in [7, 11) is 0. The first kappa shape index (κ1) is 24.2. The number of Topliss-reactive ketones (excluding diaryl/α,β-unsaturated/α-hetero) is 2. The fraction of sp³-hybridized carbons (Fsp3) is 0.483. The number of benzene rings is 2. The number of fused-ring (bicyclic) bond motifs is 1. The summed E-state index contributed by atoms with van der Waals surface area (Å²) < 4.78 is 0. The molecule has 0 amide bonds. The van der Waals surface area contributed by atoms with Gasteiger partial charge in [0.1, 0.15) is 17.4 Å². The van der Waals surface area contributed by atoms with Crippen molar-refractivity contribution < 1.29 is 14.7 Å². The van der Waals surface area contributed by atoms with Gasteiger partial charge in [-0.05, 0) is 34.4 Å². The zero-order valence-electron chi connectivity index (χ0n) is 21.1. The molecule has 5 nitrogen and oxygen atoms in total. The Bertz CT molecular complexity index is 1100. The first-order valence-electron chi connectivity index (χ1n) is 12.1. The Kier molecular flexibility index (Phi) is 5.95. The molecule has 1 aliphatic heterocycles. The lowest BCUT2D eigenvalue weighted by molar-refractivity contribution is -0.119. The van der Waals surface area contributed by atoms with E-state index in [-0.39, 0.29) is 52.4 Å². The summed E-state index contributed by atoms with van der Waals surface area (Å²) >= 11 is 0. The van der Waals surface area contributed by atoms with E-state index < -0.39 is 0 Å². The zero-order valence-corrected chi connectivity index (χ0v) is 21.1. The van der Waals surface area contributed by atoms with Crippen LogP contribution in [0.15, 0.2) is 42.5 Å². The summed E-state index contributed by atoms with van der Waals surface area (Å²) in [5.41, 5.74) is 2.40. The molecule has 1 heterocycles. The average molecular weight is 461 g/mol. The maximum absolute atomic E-state index is 13.5. The molecule has 180 valence electrons. The molecule has 34 heavy (non-hydrogen) atoms. The number of hydrogen-bond acceptors (Lipinski definition) is 4. The molecule has 2 aromatic carbocycles. The zero-order chi connectivity index (χ0) is 25.0. The van der Waals surface area contributed by atoms with Crippen LogP contribution in [-0.4, -0.2) is 40.5 Å². The summed E-state index contributed by atoms with van der Waals surface area (Å²) in [4.78, 5) is 28.1. The van der Waals surface area contributed by atoms with Crippen molar-refractivity contribution in [3.63, 3.8) is 0 Å². The first-order chi connectivity index (χ1) is 15.8. The third-order valence-electron chi connectivity index (χ3n) is 7.33. The van der Waals surface area contributed by atoms with Crippen molar-refractivity contribution in [2.45, 2.75) is 64.7 Å². The van der Waals surface area contributed by atoms with Crippen LogP contribution < -0.4 is 0 Å². The highest BCUT2D eigenvalue weighted by Crippen LogP contribution is 2.46. The molecule has 2 aromatic rings. The number of ketones is 2. The SMILES string of the molecule is CC(C)(C)c1cc(C(=O)CN2C[C@@H]3CC(=O)[C@H](c4ccccc4)[C@@H]3C2=N)cc(C(C)(C)C)c1O. The van der Waals surface area contributed by atoms with Crippen LogP contribution in [0, 0.1) is 17.2 Å². The molecule has 1 aliphatic carbocycles. The number of phenolic OH excluding ortho intramolecular Hbond substituents is 1. The van der Waals surface area contributed by atoms with Crippen LogP contribution in [0.25, 0.3) is 0 Å². The van der Waals surface area contributed by atoms with Crippen LogP contribution in [0.1, 0.15) is 80.9 Å². The Morgan fingerprint density at radius 3 is 2.12 bits per heavy atom. The molecule has 0 bridgehead atoms. The van der Waals surface area contributed by atoms with Gasteiger partial charge < -0.3 is 10.0 Å². The number of aromatic hydroxyl groups is 1. The van der Waals surface area contributed by atoms with E-state index in [1.54, 1.807) is 0 Å². The molecule has 0 aromatic heterocycles. The number of amidine groups is 1. The van der Waals surface area contributed by atoms with Crippen LogP contribution in [0.5, 0.6) is 5.75 Å². The lowest BCUT2D eigenvalue weighted by atomic mass is 9.78. The van der Waals surface area contributed by atoms with Crippen molar-refractivity contribution in [1.29, 1.82) is 5.41 Å². The van der Waals surface area contributed by atoms with Gasteiger partial charge in [-0.3, -0.25) is 15.0 Å². The molecular formula is C29H36N2O3. The topological polar surface area (TPSA) is 81.5 Å². The van der Waals surface area contributed by atoms with Crippen LogP contribution >= 0.6 is 0 Å². The average Bonchev–Trinajstić information content (AvgIpc) is 3.21. The maximum atomic E-state index is 13.5. The molecule has 2 aliphatic rings. The van der Waals surface area contributed by atoms with Crippen molar-refractivity contribution in [3.05, 3.63) is 64.7 Å². The van der Waals surface area contributed by atoms with E-state index >= 15 is 0 Å². The number of carbonyl (C=O) groups is 2. The van der Waals surface area contributed by atoms with Crippen LogP contribution in [0.4, 0.5) is 0 Å². The largest absolute Gasteiger partial charge is 0.507 e. The Balaban J connectivity index is 1.61. The second kappa shape index (κ2) is 8.37. The fourth-order valence-corrected chi connectivity index (χ4v) is 5.54. The molecule has 0 radical (unpaired) electrons. The Morgan fingerprint density at radius 1 is 1.03 bits per heavy atom. The van der Waals surface area contributed by atoms with Crippen molar-refractivity contribution in [1.82, 2.24) is 4.90 Å². The van der Waals surface area contributed by atoms with Gasteiger partial charge in [0, 0.05) is 35.6 Å². The summed E-state index contributed by atoms with van der Waals surface area (Å²) in [5.74, 6) is 0.384. The van der Waals surface area contributed by atoms with Crippen LogP contribution in [0.3, 0.4) is 0 Å². The van der Waals surface area contributed by atoms with Crippen molar-refractivity contribution in [2.75, 3.05) is 13.1 Å². The number of nitrogens with zero attached hydrogens (tertiary/aromatic N) is 1. The summed E-state index contributed by atoms with van der Waals surface area (Å²) in [6.45, 7) is 12.8. The predicted molar refractivity (Wildman–Crippen MR) is 135 cm³/mol. The molecule has 2 fully saturated rings. The highest BCUT2D eigenvalue weighted by atomic mass is 16.3. The molecule has 0 unspecified atom stereocenters. The number of rotatable bonds is 4. The van der Waals surface area contributed by atoms with E-state index in [1.165, 1.54) is 0 Å². The Labute approximate surface area is 202 Å². The minimum atomic E-state index is -0.318. The highest BCUT2D eigenvalue weighted by Gasteiger charge is 2.51. The van der Waals surface area contributed by atoms with Crippen molar-refractivity contribution in [3.8, 4) is 5.75 Å². The molecule has 5 heteroatoms. The molecule has 4 rings (SSSR count). The van der Waals surface area contributed by atoms with E-state index in [0.29, 0.717) is 24.4 Å². The number of carbonyl (C=O) groups excluding carboxylic acids is 2. The summed E-state index contributed by atoms with van der Waals surface area (Å²) in [6, 6.07) is 13.3. The lowest BCUT2D eigenvalue weighted by Gasteiger charge is -2.28. The van der Waals surface area contributed by atoms with E-state index in [2.05, 4.69) is 0 Å². The van der Waals surface area contributed by atoms with Gasteiger partial charge >= 0.3 is 0 Å². The molecular weight excluding hydrogens is 424 g/mol. The minimum Gasteiger partial charge on any atom is -0.507 e. The molecule has 1 saturated carbocycles. The Hall–Kier alpha value is -2.95. The number of hydrogen-bond donors (Lipinski definition) is 2. The molecule has 1 saturated heterocycles. The van der Waals surface area contributed by atoms with E-state index in [0.717, 1.165) is 16.7 Å². The maximum Gasteiger partial charge on any atom is 0.182 e. The van der Waals surface area contributed by atoms with Gasteiger partial charge in [0.05, 0.1) is 12.5 Å². The third kappa shape index (κ3) is 4.28. The van der Waals surface area contributed by atoms with Crippen molar-refractivity contribution >= 4 is 17.4 Å². The van der Waals surface area contributed by atoms with Gasteiger partial charge in [0.15, 0.2) is 5.78 Å². The second-order valence-corrected chi connectivity index (χ2v) is 12.0. The van der Waals surface area contributed by atoms with Crippen LogP contribution in [-0.2, 0) is 15.6 Å². The monoisotopic (exact) mass is 460 g/mol.